The van der Waals surface area contributed by atoms with Crippen molar-refractivity contribution in [2.45, 2.75) is 64.1 Å². The van der Waals surface area contributed by atoms with Gasteiger partial charge in [-0.25, -0.2) is 0 Å². The highest BCUT2D eigenvalue weighted by Gasteiger charge is 2.38. The SMILES string of the molecule is CC(C)N1[C@@H]2CCC[C@@H]1CC(=O)C2. The molecular formula is C11H19NO. The lowest BCUT2D eigenvalue weighted by molar-refractivity contribution is -0.128. The van der Waals surface area contributed by atoms with Gasteiger partial charge >= 0.3 is 0 Å². The molecule has 0 amide bonds. The van der Waals surface area contributed by atoms with Gasteiger partial charge in [0.1, 0.15) is 5.78 Å². The third-order valence-corrected chi connectivity index (χ3v) is 3.44. The second-order valence-electron chi connectivity index (χ2n) is 4.73. The van der Waals surface area contributed by atoms with Crippen LogP contribution in [0.25, 0.3) is 0 Å². The summed E-state index contributed by atoms with van der Waals surface area (Å²) in [5.74, 6) is 0.492. The molecule has 2 saturated heterocycles. The third-order valence-electron chi connectivity index (χ3n) is 3.44. The molecule has 0 N–H and O–H groups in total. The van der Waals surface area contributed by atoms with Crippen molar-refractivity contribution < 1.29 is 4.79 Å². The summed E-state index contributed by atoms with van der Waals surface area (Å²) in [6, 6.07) is 1.75. The van der Waals surface area contributed by atoms with E-state index in [1.807, 2.05) is 0 Å². The summed E-state index contributed by atoms with van der Waals surface area (Å²) in [4.78, 5) is 14.0. The molecule has 2 aliphatic heterocycles. The van der Waals surface area contributed by atoms with Gasteiger partial charge in [-0.2, -0.15) is 0 Å². The monoisotopic (exact) mass is 181 g/mol. The summed E-state index contributed by atoms with van der Waals surface area (Å²) < 4.78 is 0. The van der Waals surface area contributed by atoms with Gasteiger partial charge in [0.05, 0.1) is 0 Å². The lowest BCUT2D eigenvalue weighted by Gasteiger charge is -2.47. The number of rotatable bonds is 1. The second kappa shape index (κ2) is 3.41. The Labute approximate surface area is 80.3 Å². The molecule has 0 aromatic carbocycles. The Balaban J connectivity index is 2.14. The third kappa shape index (κ3) is 1.64. The number of piperidine rings is 2. The summed E-state index contributed by atoms with van der Waals surface area (Å²) in [5, 5.41) is 0. The zero-order valence-electron chi connectivity index (χ0n) is 8.62. The van der Waals surface area contributed by atoms with Crippen LogP contribution in [0, 0.1) is 0 Å². The first-order valence-electron chi connectivity index (χ1n) is 5.47. The molecule has 2 rings (SSSR count). The maximum atomic E-state index is 11.4. The predicted molar refractivity (Wildman–Crippen MR) is 52.6 cm³/mol. The van der Waals surface area contributed by atoms with Crippen molar-refractivity contribution in [1.29, 1.82) is 0 Å². The van der Waals surface area contributed by atoms with Crippen LogP contribution < -0.4 is 0 Å². The van der Waals surface area contributed by atoms with Gasteiger partial charge in [-0.1, -0.05) is 6.42 Å². The highest BCUT2D eigenvalue weighted by Crippen LogP contribution is 2.33. The minimum Gasteiger partial charge on any atom is -0.300 e. The minimum atomic E-state index is 0.492. The smallest absolute Gasteiger partial charge is 0.136 e. The molecule has 2 aliphatic rings. The van der Waals surface area contributed by atoms with Crippen molar-refractivity contribution in [3.8, 4) is 0 Å². The van der Waals surface area contributed by atoms with Gasteiger partial charge in [0.15, 0.2) is 0 Å². The number of Topliss-reactive ketones (excluding diaryl/α,β-unsaturated/α-hetero) is 1. The number of nitrogens with zero attached hydrogens (tertiary/aromatic N) is 1. The fourth-order valence-electron chi connectivity index (χ4n) is 3.05. The Morgan fingerprint density at radius 1 is 1.23 bits per heavy atom. The number of carbonyl (C=O) groups is 1. The van der Waals surface area contributed by atoms with E-state index in [0.717, 1.165) is 12.8 Å². The Morgan fingerprint density at radius 3 is 2.23 bits per heavy atom. The maximum absolute atomic E-state index is 11.4. The molecule has 0 aliphatic carbocycles. The first-order chi connectivity index (χ1) is 6.18. The van der Waals surface area contributed by atoms with E-state index in [1.165, 1.54) is 19.3 Å². The Kier molecular flexibility index (Phi) is 2.41. The molecule has 13 heavy (non-hydrogen) atoms. The molecule has 2 heterocycles. The van der Waals surface area contributed by atoms with E-state index >= 15 is 0 Å². The van der Waals surface area contributed by atoms with E-state index < -0.39 is 0 Å². The largest absolute Gasteiger partial charge is 0.300 e. The maximum Gasteiger partial charge on any atom is 0.136 e. The average molecular weight is 181 g/mol. The molecule has 0 unspecified atom stereocenters. The van der Waals surface area contributed by atoms with Crippen molar-refractivity contribution in [3.05, 3.63) is 0 Å². The predicted octanol–water partition coefficient (Wildman–Crippen LogP) is 1.98. The quantitative estimate of drug-likeness (QED) is 0.616. The Morgan fingerprint density at radius 2 is 1.77 bits per heavy atom. The molecule has 0 spiro atoms. The van der Waals surface area contributed by atoms with Crippen molar-refractivity contribution in [3.63, 3.8) is 0 Å². The minimum absolute atomic E-state index is 0.492. The molecule has 2 bridgehead atoms. The van der Waals surface area contributed by atoms with Crippen molar-refractivity contribution in [1.82, 2.24) is 4.90 Å². The summed E-state index contributed by atoms with van der Waals surface area (Å²) >= 11 is 0. The topological polar surface area (TPSA) is 20.3 Å². The van der Waals surface area contributed by atoms with Crippen molar-refractivity contribution in [2.75, 3.05) is 0 Å². The lowest BCUT2D eigenvalue weighted by atomic mass is 9.83. The molecule has 2 fully saturated rings. The molecule has 0 saturated carbocycles. The fourth-order valence-corrected chi connectivity index (χ4v) is 3.05. The van der Waals surface area contributed by atoms with E-state index in [0.29, 0.717) is 23.9 Å². The molecule has 0 aromatic rings. The van der Waals surface area contributed by atoms with Gasteiger partial charge in [0.2, 0.25) is 0 Å². The van der Waals surface area contributed by atoms with Gasteiger partial charge in [0.25, 0.3) is 0 Å². The standard InChI is InChI=1S/C11H19NO/c1-8(2)12-9-4-3-5-10(12)7-11(13)6-9/h8-10H,3-7H2,1-2H3/t9-,10-/m1/s1. The molecule has 0 aromatic heterocycles. The van der Waals surface area contributed by atoms with E-state index in [9.17, 15) is 4.79 Å². The number of hydrogen-bond donors (Lipinski definition) is 0. The van der Waals surface area contributed by atoms with Crippen LogP contribution in [0.4, 0.5) is 0 Å². The summed E-state index contributed by atoms with van der Waals surface area (Å²) in [5.41, 5.74) is 0. The van der Waals surface area contributed by atoms with Crippen molar-refractivity contribution >= 4 is 5.78 Å². The van der Waals surface area contributed by atoms with Crippen molar-refractivity contribution in [2.24, 2.45) is 0 Å². The van der Waals surface area contributed by atoms with Gasteiger partial charge in [0, 0.05) is 31.0 Å². The molecular weight excluding hydrogens is 162 g/mol. The second-order valence-corrected chi connectivity index (χ2v) is 4.73. The number of carbonyl (C=O) groups excluding carboxylic acids is 1. The van der Waals surface area contributed by atoms with E-state index in [-0.39, 0.29) is 0 Å². The van der Waals surface area contributed by atoms with Gasteiger partial charge in [-0.05, 0) is 26.7 Å². The van der Waals surface area contributed by atoms with Gasteiger partial charge < -0.3 is 0 Å². The van der Waals surface area contributed by atoms with Gasteiger partial charge in [-0.15, -0.1) is 0 Å². The molecule has 2 nitrogen and oxygen atoms in total. The number of ketones is 1. The Bertz CT molecular complexity index is 196. The Hall–Kier alpha value is -0.370. The zero-order chi connectivity index (χ0) is 9.42. The van der Waals surface area contributed by atoms with Gasteiger partial charge in [-0.3, -0.25) is 9.69 Å². The number of hydrogen-bond acceptors (Lipinski definition) is 2. The first kappa shape index (κ1) is 9.20. The molecule has 2 heteroatoms. The van der Waals surface area contributed by atoms with E-state index in [2.05, 4.69) is 18.7 Å². The van der Waals surface area contributed by atoms with Crippen LogP contribution in [-0.2, 0) is 4.79 Å². The summed E-state index contributed by atoms with van der Waals surface area (Å²) in [7, 11) is 0. The summed E-state index contributed by atoms with van der Waals surface area (Å²) in [6.07, 6.45) is 5.43. The first-order valence-corrected chi connectivity index (χ1v) is 5.47. The summed E-state index contributed by atoms with van der Waals surface area (Å²) in [6.45, 7) is 4.50. The molecule has 2 atom stereocenters. The van der Waals surface area contributed by atoms with Crippen LogP contribution in [0.2, 0.25) is 0 Å². The lowest BCUT2D eigenvalue weighted by Crippen LogP contribution is -2.55. The van der Waals surface area contributed by atoms with Crippen LogP contribution in [-0.4, -0.2) is 28.8 Å². The van der Waals surface area contributed by atoms with Crippen LogP contribution >= 0.6 is 0 Å². The molecule has 74 valence electrons. The zero-order valence-corrected chi connectivity index (χ0v) is 8.62. The van der Waals surface area contributed by atoms with Crippen LogP contribution in [0.3, 0.4) is 0 Å². The number of fused-ring (bicyclic) bond motifs is 2. The fraction of sp³-hybridized carbons (Fsp3) is 0.909. The van der Waals surface area contributed by atoms with Crippen LogP contribution in [0.1, 0.15) is 46.0 Å². The van der Waals surface area contributed by atoms with Crippen LogP contribution in [0.15, 0.2) is 0 Å². The van der Waals surface area contributed by atoms with Crippen LogP contribution in [0.5, 0.6) is 0 Å². The normalized spacial score (nSPS) is 35.5. The van der Waals surface area contributed by atoms with E-state index in [1.54, 1.807) is 0 Å². The molecule has 0 radical (unpaired) electrons. The highest BCUT2D eigenvalue weighted by atomic mass is 16.1. The highest BCUT2D eigenvalue weighted by molar-refractivity contribution is 5.80. The average Bonchev–Trinajstić information content (AvgIpc) is 2.01. The van der Waals surface area contributed by atoms with E-state index in [4.69, 9.17) is 0 Å².